The maximum atomic E-state index is 4.15. The van der Waals surface area contributed by atoms with E-state index in [4.69, 9.17) is 0 Å². The van der Waals surface area contributed by atoms with Crippen molar-refractivity contribution in [3.8, 4) is 5.69 Å². The van der Waals surface area contributed by atoms with Crippen LogP contribution in [0.4, 0.5) is 5.95 Å². The first-order valence-electron chi connectivity index (χ1n) is 8.36. The molecular formula is C18H21N6+. The largest absolute Gasteiger partial charge is 0.344 e. The molecule has 0 bridgehead atoms. The highest BCUT2D eigenvalue weighted by Gasteiger charge is 2.27. The van der Waals surface area contributed by atoms with Crippen LogP contribution in [-0.2, 0) is 6.54 Å². The second-order valence-electron chi connectivity index (χ2n) is 6.25. The quantitative estimate of drug-likeness (QED) is 0.734. The first kappa shape index (κ1) is 14.8. The predicted octanol–water partition coefficient (Wildman–Crippen LogP) is 0.932. The Morgan fingerprint density at radius 1 is 1.04 bits per heavy atom. The van der Waals surface area contributed by atoms with E-state index in [0.29, 0.717) is 12.0 Å². The van der Waals surface area contributed by atoms with Gasteiger partial charge in [-0.1, -0.05) is 53.6 Å². The maximum Gasteiger partial charge on any atom is 0.248 e. The van der Waals surface area contributed by atoms with Gasteiger partial charge in [0.1, 0.15) is 6.54 Å². The maximum absolute atomic E-state index is 4.15. The fourth-order valence-electron chi connectivity index (χ4n) is 3.30. The van der Waals surface area contributed by atoms with Crippen LogP contribution >= 0.6 is 0 Å². The minimum atomic E-state index is 0.400. The summed E-state index contributed by atoms with van der Waals surface area (Å²) >= 11 is 0. The first-order chi connectivity index (χ1) is 11.9. The van der Waals surface area contributed by atoms with E-state index in [0.717, 1.165) is 25.2 Å². The first-order valence-corrected chi connectivity index (χ1v) is 8.36. The van der Waals surface area contributed by atoms with E-state index in [1.54, 1.807) is 9.58 Å². The van der Waals surface area contributed by atoms with Crippen molar-refractivity contribution in [3.63, 3.8) is 0 Å². The van der Waals surface area contributed by atoms with Gasteiger partial charge in [-0.15, -0.1) is 0 Å². The van der Waals surface area contributed by atoms with Crippen LogP contribution in [0.5, 0.6) is 0 Å². The Balaban J connectivity index is 1.40. The summed E-state index contributed by atoms with van der Waals surface area (Å²) < 4.78 is 1.76. The molecule has 0 saturated carbocycles. The topological polar surface area (TPSA) is 60.1 Å². The van der Waals surface area contributed by atoms with Crippen molar-refractivity contribution >= 4 is 5.95 Å². The number of nitrogens with zero attached hydrogens (tertiary/aromatic N) is 4. The van der Waals surface area contributed by atoms with Gasteiger partial charge in [0.15, 0.2) is 0 Å². The summed E-state index contributed by atoms with van der Waals surface area (Å²) in [5, 5.41) is 15.6. The highest BCUT2D eigenvalue weighted by molar-refractivity contribution is 5.38. The number of hydrogen-bond donors (Lipinski definition) is 2. The van der Waals surface area contributed by atoms with Crippen LogP contribution in [-0.4, -0.2) is 39.3 Å². The molecule has 1 aliphatic rings. The molecule has 1 aromatic heterocycles. The minimum Gasteiger partial charge on any atom is -0.344 e. The molecule has 24 heavy (non-hydrogen) atoms. The molecule has 2 heterocycles. The smallest absolute Gasteiger partial charge is 0.248 e. The van der Waals surface area contributed by atoms with Crippen molar-refractivity contribution in [2.45, 2.75) is 19.0 Å². The monoisotopic (exact) mass is 321 g/mol. The van der Waals surface area contributed by atoms with Gasteiger partial charge in [-0.25, -0.2) is 0 Å². The SMILES string of the molecule is c1ccc(C[NH+]2CC[C@@H](Nc3nnnn3-c3ccccc3)C2)cc1. The molecule has 3 aromatic rings. The molecule has 0 radical (unpaired) electrons. The molecule has 6 nitrogen and oxygen atoms in total. The van der Waals surface area contributed by atoms with Gasteiger partial charge < -0.3 is 10.2 Å². The highest BCUT2D eigenvalue weighted by Crippen LogP contribution is 2.12. The summed E-state index contributed by atoms with van der Waals surface area (Å²) in [7, 11) is 0. The third-order valence-corrected chi connectivity index (χ3v) is 4.48. The molecule has 4 rings (SSSR count). The fourth-order valence-corrected chi connectivity index (χ4v) is 3.30. The third-order valence-electron chi connectivity index (χ3n) is 4.48. The Kier molecular flexibility index (Phi) is 4.20. The Morgan fingerprint density at radius 2 is 1.79 bits per heavy atom. The molecule has 6 heteroatoms. The van der Waals surface area contributed by atoms with Crippen molar-refractivity contribution < 1.29 is 4.90 Å². The van der Waals surface area contributed by atoms with Gasteiger partial charge in [0, 0.05) is 12.0 Å². The van der Waals surface area contributed by atoms with Crippen molar-refractivity contribution in [2.75, 3.05) is 18.4 Å². The van der Waals surface area contributed by atoms with Crippen LogP contribution in [0.2, 0.25) is 0 Å². The van der Waals surface area contributed by atoms with E-state index in [1.807, 2.05) is 30.3 Å². The predicted molar refractivity (Wildman–Crippen MR) is 92.0 cm³/mol. The lowest BCUT2D eigenvalue weighted by atomic mass is 10.2. The lowest BCUT2D eigenvalue weighted by molar-refractivity contribution is -0.901. The number of tetrazole rings is 1. The van der Waals surface area contributed by atoms with E-state index in [1.165, 1.54) is 12.1 Å². The number of nitrogens with one attached hydrogen (secondary N) is 2. The number of quaternary nitrogens is 1. The molecule has 2 atom stereocenters. The molecule has 1 saturated heterocycles. The average Bonchev–Trinajstić information content (AvgIpc) is 3.27. The van der Waals surface area contributed by atoms with Crippen molar-refractivity contribution in [1.29, 1.82) is 0 Å². The van der Waals surface area contributed by atoms with E-state index in [-0.39, 0.29) is 0 Å². The summed E-state index contributed by atoms with van der Waals surface area (Å²) in [6, 6.07) is 21.0. The van der Waals surface area contributed by atoms with Gasteiger partial charge in [0.2, 0.25) is 5.95 Å². The zero-order valence-electron chi connectivity index (χ0n) is 13.5. The van der Waals surface area contributed by atoms with Gasteiger partial charge in [0.05, 0.1) is 24.8 Å². The molecule has 2 N–H and O–H groups in total. The van der Waals surface area contributed by atoms with Gasteiger partial charge in [-0.05, 0) is 22.6 Å². The second kappa shape index (κ2) is 6.80. The molecule has 122 valence electrons. The minimum absolute atomic E-state index is 0.400. The molecule has 1 unspecified atom stereocenters. The van der Waals surface area contributed by atoms with Crippen molar-refractivity contribution in [2.24, 2.45) is 0 Å². The molecule has 2 aromatic carbocycles. The van der Waals surface area contributed by atoms with Gasteiger partial charge >= 0.3 is 0 Å². The number of aromatic nitrogens is 4. The molecule has 0 spiro atoms. The van der Waals surface area contributed by atoms with Crippen LogP contribution in [0.25, 0.3) is 5.69 Å². The zero-order chi connectivity index (χ0) is 16.2. The molecule has 0 aliphatic carbocycles. The normalized spacial score (nSPS) is 20.2. The fraction of sp³-hybridized carbons (Fsp3) is 0.278. The number of likely N-dealkylation sites (tertiary alicyclic amines) is 1. The Bertz CT molecular complexity index is 770. The lowest BCUT2D eigenvalue weighted by Crippen LogP contribution is -3.09. The molecule has 1 fully saturated rings. The Hall–Kier alpha value is -2.73. The van der Waals surface area contributed by atoms with Crippen LogP contribution in [0.3, 0.4) is 0 Å². The number of rotatable bonds is 5. The van der Waals surface area contributed by atoms with Crippen LogP contribution in [0, 0.1) is 0 Å². The lowest BCUT2D eigenvalue weighted by Gasteiger charge is -2.14. The summed E-state index contributed by atoms with van der Waals surface area (Å²) in [5.74, 6) is 0.715. The van der Waals surface area contributed by atoms with E-state index in [2.05, 4.69) is 51.2 Å². The number of benzene rings is 2. The van der Waals surface area contributed by atoms with E-state index < -0.39 is 0 Å². The van der Waals surface area contributed by atoms with Crippen molar-refractivity contribution in [3.05, 3.63) is 66.2 Å². The second-order valence-corrected chi connectivity index (χ2v) is 6.25. The average molecular weight is 321 g/mol. The van der Waals surface area contributed by atoms with Gasteiger partial charge in [-0.3, -0.25) is 0 Å². The number of para-hydroxylation sites is 1. The van der Waals surface area contributed by atoms with Crippen LogP contribution in [0.15, 0.2) is 60.7 Å². The summed E-state index contributed by atoms with van der Waals surface area (Å²) in [4.78, 5) is 1.59. The summed E-state index contributed by atoms with van der Waals surface area (Å²) in [6.07, 6.45) is 1.13. The molecule has 0 amide bonds. The number of anilines is 1. The van der Waals surface area contributed by atoms with Gasteiger partial charge in [0.25, 0.3) is 0 Å². The van der Waals surface area contributed by atoms with E-state index >= 15 is 0 Å². The summed E-state index contributed by atoms with van der Waals surface area (Å²) in [5.41, 5.74) is 2.36. The molecular weight excluding hydrogens is 300 g/mol. The Morgan fingerprint density at radius 3 is 2.58 bits per heavy atom. The zero-order valence-corrected chi connectivity index (χ0v) is 13.5. The highest BCUT2D eigenvalue weighted by atomic mass is 15.6. The standard InChI is InChI=1S/C18H20N6/c1-3-7-15(8-4-1)13-23-12-11-16(14-23)19-18-20-21-22-24(18)17-9-5-2-6-10-17/h1-10,16H,11-14H2,(H,19,20,22)/p+1/t16-/m1/s1. The van der Waals surface area contributed by atoms with Gasteiger partial charge in [-0.2, -0.15) is 4.68 Å². The van der Waals surface area contributed by atoms with Crippen molar-refractivity contribution in [1.82, 2.24) is 20.2 Å². The third kappa shape index (κ3) is 3.28. The van der Waals surface area contributed by atoms with E-state index in [9.17, 15) is 0 Å². The summed E-state index contributed by atoms with van der Waals surface area (Å²) in [6.45, 7) is 3.32. The van der Waals surface area contributed by atoms with Crippen LogP contribution < -0.4 is 10.2 Å². The van der Waals surface area contributed by atoms with Crippen LogP contribution in [0.1, 0.15) is 12.0 Å². The molecule has 1 aliphatic heterocycles. The Labute approximate surface area is 141 Å². The number of hydrogen-bond acceptors (Lipinski definition) is 4.